The summed E-state index contributed by atoms with van der Waals surface area (Å²) in [5, 5.41) is 0. The van der Waals surface area contributed by atoms with Crippen LogP contribution < -0.4 is 5.73 Å². The zero-order valence-corrected chi connectivity index (χ0v) is 9.39. The summed E-state index contributed by atoms with van der Waals surface area (Å²) in [4.78, 5) is 4.39. The Balaban J connectivity index is 1.99. The van der Waals surface area contributed by atoms with E-state index in [0.717, 1.165) is 23.9 Å². The van der Waals surface area contributed by atoms with Gasteiger partial charge in [-0.3, -0.25) is 4.98 Å². The maximum absolute atomic E-state index is 5.92. The highest BCUT2D eigenvalue weighted by Gasteiger charge is 2.28. The zero-order chi connectivity index (χ0) is 10.7. The number of nitrogens with zero attached hydrogens (tertiary/aromatic N) is 2. The number of aromatic nitrogens is 1. The van der Waals surface area contributed by atoms with E-state index in [9.17, 15) is 0 Å². The first-order chi connectivity index (χ1) is 7.18. The van der Waals surface area contributed by atoms with Crippen LogP contribution in [-0.4, -0.2) is 35.6 Å². The van der Waals surface area contributed by atoms with Crippen molar-refractivity contribution in [2.24, 2.45) is 5.73 Å². The van der Waals surface area contributed by atoms with Gasteiger partial charge in [0.1, 0.15) is 6.54 Å². The van der Waals surface area contributed by atoms with E-state index >= 15 is 0 Å². The molecule has 0 bridgehead atoms. The number of hydrogen-bond donors (Lipinski definition) is 1. The first-order valence-electron chi connectivity index (χ1n) is 5.67. The van der Waals surface area contributed by atoms with Gasteiger partial charge in [-0.25, -0.2) is 0 Å². The Bertz CT molecular complexity index is 302. The van der Waals surface area contributed by atoms with Crippen molar-refractivity contribution < 1.29 is 4.48 Å². The first kappa shape index (κ1) is 10.6. The van der Waals surface area contributed by atoms with Crippen LogP contribution in [0.4, 0.5) is 0 Å². The van der Waals surface area contributed by atoms with Crippen LogP contribution in [0.1, 0.15) is 18.5 Å². The third-order valence-corrected chi connectivity index (χ3v) is 3.35. The van der Waals surface area contributed by atoms with E-state index in [2.05, 4.69) is 24.2 Å². The van der Waals surface area contributed by atoms with Crippen molar-refractivity contribution in [2.45, 2.75) is 25.4 Å². The molecule has 15 heavy (non-hydrogen) atoms. The molecule has 0 aromatic carbocycles. The van der Waals surface area contributed by atoms with Gasteiger partial charge in [0.2, 0.25) is 0 Å². The highest BCUT2D eigenvalue weighted by atomic mass is 15.3. The van der Waals surface area contributed by atoms with Crippen LogP contribution in [0, 0.1) is 0 Å². The standard InChI is InChI=1S/C12H20N3/c1-15(8-5-11(13)6-9-15)10-12-4-2-3-7-14-12/h2-4,7,11H,5-6,8-10,13H2,1H3/q+1. The van der Waals surface area contributed by atoms with Crippen LogP contribution in [0.3, 0.4) is 0 Å². The molecule has 0 amide bonds. The summed E-state index contributed by atoms with van der Waals surface area (Å²) in [6.45, 7) is 3.39. The highest BCUT2D eigenvalue weighted by molar-refractivity contribution is 5.02. The van der Waals surface area contributed by atoms with Crippen molar-refractivity contribution in [1.82, 2.24) is 4.98 Å². The van der Waals surface area contributed by atoms with Crippen LogP contribution in [0.5, 0.6) is 0 Å². The first-order valence-corrected chi connectivity index (χ1v) is 5.67. The molecule has 0 aliphatic carbocycles. The molecule has 1 saturated heterocycles. The molecule has 0 saturated carbocycles. The van der Waals surface area contributed by atoms with E-state index in [4.69, 9.17) is 5.73 Å². The SMILES string of the molecule is C[N+]1(Cc2ccccn2)CCC(N)CC1. The summed E-state index contributed by atoms with van der Waals surface area (Å²) in [7, 11) is 2.31. The molecule has 0 unspecified atom stereocenters. The lowest BCUT2D eigenvalue weighted by molar-refractivity contribution is -0.927. The molecular formula is C12H20N3+. The smallest absolute Gasteiger partial charge is 0.121 e. The second-order valence-electron chi connectivity index (χ2n) is 4.88. The molecule has 1 aliphatic heterocycles. The summed E-state index contributed by atoms with van der Waals surface area (Å²) >= 11 is 0. The lowest BCUT2D eigenvalue weighted by atomic mass is 10.0. The summed E-state index contributed by atoms with van der Waals surface area (Å²) in [5.74, 6) is 0. The molecule has 2 heterocycles. The van der Waals surface area contributed by atoms with E-state index in [1.165, 1.54) is 18.8 Å². The van der Waals surface area contributed by atoms with E-state index in [-0.39, 0.29) is 0 Å². The number of nitrogens with two attached hydrogens (primary N) is 1. The van der Waals surface area contributed by atoms with Gasteiger partial charge in [0.25, 0.3) is 0 Å². The second-order valence-corrected chi connectivity index (χ2v) is 4.88. The lowest BCUT2D eigenvalue weighted by Gasteiger charge is -2.39. The van der Waals surface area contributed by atoms with Gasteiger partial charge in [0.15, 0.2) is 0 Å². The predicted octanol–water partition coefficient (Wildman–Crippen LogP) is 1.15. The summed E-state index contributed by atoms with van der Waals surface area (Å²) in [5.41, 5.74) is 7.11. The molecule has 1 aromatic rings. The molecule has 2 N–H and O–H groups in total. The Morgan fingerprint density at radius 3 is 2.73 bits per heavy atom. The Morgan fingerprint density at radius 1 is 1.40 bits per heavy atom. The van der Waals surface area contributed by atoms with Gasteiger partial charge < -0.3 is 10.2 Å². The quantitative estimate of drug-likeness (QED) is 0.737. The minimum atomic E-state index is 0.417. The number of quaternary nitrogens is 1. The lowest BCUT2D eigenvalue weighted by Crippen LogP contribution is -2.51. The number of likely N-dealkylation sites (tertiary alicyclic amines) is 1. The Morgan fingerprint density at radius 2 is 2.13 bits per heavy atom. The average molecular weight is 206 g/mol. The number of rotatable bonds is 2. The van der Waals surface area contributed by atoms with Crippen LogP contribution in [-0.2, 0) is 6.54 Å². The monoisotopic (exact) mass is 206 g/mol. The maximum Gasteiger partial charge on any atom is 0.121 e. The number of pyridine rings is 1. The highest BCUT2D eigenvalue weighted by Crippen LogP contribution is 2.18. The minimum Gasteiger partial charge on any atom is -0.327 e. The van der Waals surface area contributed by atoms with Gasteiger partial charge in [-0.1, -0.05) is 6.07 Å². The zero-order valence-electron chi connectivity index (χ0n) is 9.39. The fourth-order valence-electron chi connectivity index (χ4n) is 2.25. The predicted molar refractivity (Wildman–Crippen MR) is 61.1 cm³/mol. The van der Waals surface area contributed by atoms with Crippen molar-refractivity contribution in [3.63, 3.8) is 0 Å². The number of piperidine rings is 1. The van der Waals surface area contributed by atoms with E-state index < -0.39 is 0 Å². The van der Waals surface area contributed by atoms with Gasteiger partial charge in [0.05, 0.1) is 25.8 Å². The van der Waals surface area contributed by atoms with Crippen molar-refractivity contribution in [1.29, 1.82) is 0 Å². The molecule has 1 aromatic heterocycles. The van der Waals surface area contributed by atoms with Crippen LogP contribution >= 0.6 is 0 Å². The fraction of sp³-hybridized carbons (Fsp3) is 0.583. The third-order valence-electron chi connectivity index (χ3n) is 3.35. The second kappa shape index (κ2) is 4.29. The summed E-state index contributed by atoms with van der Waals surface area (Å²) in [6, 6.07) is 6.55. The van der Waals surface area contributed by atoms with Crippen molar-refractivity contribution in [3.05, 3.63) is 30.1 Å². The van der Waals surface area contributed by atoms with Crippen molar-refractivity contribution in [3.8, 4) is 0 Å². The number of hydrogen-bond acceptors (Lipinski definition) is 2. The molecule has 3 nitrogen and oxygen atoms in total. The van der Waals surface area contributed by atoms with Crippen molar-refractivity contribution in [2.75, 3.05) is 20.1 Å². The average Bonchev–Trinajstić information content (AvgIpc) is 2.24. The summed E-state index contributed by atoms with van der Waals surface area (Å²) in [6.07, 6.45) is 4.16. The molecule has 1 aliphatic rings. The third kappa shape index (κ3) is 2.76. The molecule has 0 spiro atoms. The molecule has 1 fully saturated rings. The van der Waals surface area contributed by atoms with E-state index in [1.54, 1.807) is 0 Å². The molecule has 0 atom stereocenters. The Kier molecular flexibility index (Phi) is 3.03. The summed E-state index contributed by atoms with van der Waals surface area (Å²) < 4.78 is 1.09. The molecule has 2 rings (SSSR count). The molecule has 3 heteroatoms. The molecule has 0 radical (unpaired) electrons. The fourth-order valence-corrected chi connectivity index (χ4v) is 2.25. The van der Waals surface area contributed by atoms with Crippen LogP contribution in [0.25, 0.3) is 0 Å². The van der Waals surface area contributed by atoms with Gasteiger partial charge in [0, 0.05) is 25.1 Å². The Hall–Kier alpha value is -0.930. The van der Waals surface area contributed by atoms with Gasteiger partial charge in [-0.15, -0.1) is 0 Å². The Labute approximate surface area is 91.5 Å². The largest absolute Gasteiger partial charge is 0.327 e. The topological polar surface area (TPSA) is 38.9 Å². The minimum absolute atomic E-state index is 0.417. The van der Waals surface area contributed by atoms with Gasteiger partial charge in [-0.05, 0) is 12.1 Å². The van der Waals surface area contributed by atoms with Gasteiger partial charge >= 0.3 is 0 Å². The van der Waals surface area contributed by atoms with E-state index in [0.29, 0.717) is 6.04 Å². The van der Waals surface area contributed by atoms with Crippen LogP contribution in [0.15, 0.2) is 24.4 Å². The molecule has 82 valence electrons. The normalized spacial score (nSPS) is 31.5. The van der Waals surface area contributed by atoms with E-state index in [1.807, 2.05) is 12.3 Å². The molecular weight excluding hydrogens is 186 g/mol. The van der Waals surface area contributed by atoms with Crippen molar-refractivity contribution >= 4 is 0 Å². The van der Waals surface area contributed by atoms with Gasteiger partial charge in [-0.2, -0.15) is 0 Å². The maximum atomic E-state index is 5.92. The van der Waals surface area contributed by atoms with Crippen LogP contribution in [0.2, 0.25) is 0 Å².